The first-order valence-electron chi connectivity index (χ1n) is 10.8. The summed E-state index contributed by atoms with van der Waals surface area (Å²) < 4.78 is 11.9. The van der Waals surface area contributed by atoms with Gasteiger partial charge in [-0.3, -0.25) is 4.79 Å². The van der Waals surface area contributed by atoms with Gasteiger partial charge in [-0.05, 0) is 47.8 Å². The molecule has 0 bridgehead atoms. The maximum Gasteiger partial charge on any atom is 0.412 e. The Hall–Kier alpha value is -3.86. The first-order valence-corrected chi connectivity index (χ1v) is 12.1. The highest BCUT2D eigenvalue weighted by Gasteiger charge is 2.17. The Balaban J connectivity index is 1.49. The number of amides is 2. The molecule has 36 heavy (non-hydrogen) atoms. The molecule has 4 aromatic rings. The van der Waals surface area contributed by atoms with E-state index in [1.165, 1.54) is 22.4 Å². The molecule has 186 valence electrons. The number of nitrogen functional groups attached to an aromatic ring is 1. The van der Waals surface area contributed by atoms with E-state index in [4.69, 9.17) is 31.9 Å². The maximum absolute atomic E-state index is 13.0. The highest BCUT2D eigenvalue weighted by atomic mass is 35.5. The molecular formula is C25H23ClN4O5S. The third-order valence-corrected chi connectivity index (χ3v) is 6.54. The number of nitrogens with two attached hydrogens (primary N) is 1. The van der Waals surface area contributed by atoms with Crippen LogP contribution in [-0.2, 0) is 6.61 Å². The summed E-state index contributed by atoms with van der Waals surface area (Å²) in [6.45, 7) is 0.0386. The van der Waals surface area contributed by atoms with Crippen molar-refractivity contribution in [3.8, 4) is 11.5 Å². The zero-order chi connectivity index (χ0) is 25.7. The predicted molar refractivity (Wildman–Crippen MR) is 140 cm³/mol. The van der Waals surface area contributed by atoms with Crippen LogP contribution in [0.25, 0.3) is 10.1 Å². The fourth-order valence-electron chi connectivity index (χ4n) is 3.44. The molecule has 0 unspecified atom stereocenters. The van der Waals surface area contributed by atoms with E-state index in [1.807, 2.05) is 5.38 Å². The van der Waals surface area contributed by atoms with Crippen LogP contribution in [0.15, 0.2) is 60.1 Å². The molecule has 2 heterocycles. The molecular weight excluding hydrogens is 504 g/mol. The fraction of sp³-hybridized carbons (Fsp3) is 0.160. The van der Waals surface area contributed by atoms with E-state index in [2.05, 4.69) is 10.3 Å². The predicted octanol–water partition coefficient (Wildman–Crippen LogP) is 4.47. The summed E-state index contributed by atoms with van der Waals surface area (Å²) in [6, 6.07) is 13.9. The van der Waals surface area contributed by atoms with Gasteiger partial charge in [0.15, 0.2) is 5.75 Å². The van der Waals surface area contributed by atoms with Gasteiger partial charge in [0.2, 0.25) is 0 Å². The van der Waals surface area contributed by atoms with Gasteiger partial charge in [0.05, 0.1) is 17.5 Å². The number of pyridine rings is 1. The van der Waals surface area contributed by atoms with Crippen molar-refractivity contribution in [1.82, 2.24) is 10.3 Å². The maximum atomic E-state index is 13.0. The van der Waals surface area contributed by atoms with Gasteiger partial charge in [0, 0.05) is 40.8 Å². The lowest BCUT2D eigenvalue weighted by Gasteiger charge is -2.18. The van der Waals surface area contributed by atoms with Crippen LogP contribution in [0.2, 0.25) is 5.02 Å². The van der Waals surface area contributed by atoms with Gasteiger partial charge in [0.25, 0.3) is 5.91 Å². The van der Waals surface area contributed by atoms with Crippen LogP contribution in [0, 0.1) is 0 Å². The number of aromatic nitrogens is 1. The molecule has 0 aliphatic heterocycles. The Bertz CT molecular complexity index is 1390. The molecule has 0 spiro atoms. The van der Waals surface area contributed by atoms with Crippen LogP contribution < -0.4 is 25.4 Å². The molecule has 0 saturated heterocycles. The number of aliphatic hydroxyl groups is 1. The zero-order valence-corrected chi connectivity index (χ0v) is 20.8. The number of hydrogen-bond acceptors (Lipinski definition) is 8. The molecule has 0 atom stereocenters. The minimum atomic E-state index is -0.701. The summed E-state index contributed by atoms with van der Waals surface area (Å²) in [5.74, 6) is 0.843. The van der Waals surface area contributed by atoms with Gasteiger partial charge in [-0.1, -0.05) is 17.7 Å². The summed E-state index contributed by atoms with van der Waals surface area (Å²) in [7, 11) is 1.69. The molecule has 0 fully saturated rings. The second kappa shape index (κ2) is 11.3. The number of ether oxygens (including phenoxy) is 2. The van der Waals surface area contributed by atoms with E-state index in [9.17, 15) is 9.59 Å². The number of halogens is 1. The first kappa shape index (κ1) is 25.2. The summed E-state index contributed by atoms with van der Waals surface area (Å²) in [5, 5.41) is 14.3. The van der Waals surface area contributed by atoms with Crippen LogP contribution in [0.1, 0.15) is 15.9 Å². The third kappa shape index (κ3) is 5.68. The van der Waals surface area contributed by atoms with E-state index in [0.29, 0.717) is 32.1 Å². The second-order valence-electron chi connectivity index (χ2n) is 7.67. The number of anilines is 2. The van der Waals surface area contributed by atoms with Crippen LogP contribution in [0.4, 0.5) is 16.3 Å². The van der Waals surface area contributed by atoms with Crippen molar-refractivity contribution < 1.29 is 24.2 Å². The van der Waals surface area contributed by atoms with Gasteiger partial charge >= 0.3 is 6.09 Å². The number of aliphatic hydroxyl groups excluding tert-OH is 1. The zero-order valence-electron chi connectivity index (χ0n) is 19.2. The average molecular weight is 527 g/mol. The van der Waals surface area contributed by atoms with E-state index < -0.39 is 6.09 Å². The normalized spacial score (nSPS) is 10.8. The second-order valence-corrected chi connectivity index (χ2v) is 8.99. The Morgan fingerprint density at radius 1 is 1.22 bits per heavy atom. The Morgan fingerprint density at radius 3 is 2.75 bits per heavy atom. The monoisotopic (exact) mass is 526 g/mol. The minimum absolute atomic E-state index is 0.0744. The minimum Gasteiger partial charge on any atom is -0.489 e. The summed E-state index contributed by atoms with van der Waals surface area (Å²) in [5.41, 5.74) is 8.04. The molecule has 0 aliphatic rings. The van der Waals surface area contributed by atoms with Crippen molar-refractivity contribution in [2.45, 2.75) is 6.61 Å². The highest BCUT2D eigenvalue weighted by molar-refractivity contribution is 7.17. The van der Waals surface area contributed by atoms with Crippen molar-refractivity contribution in [1.29, 1.82) is 0 Å². The van der Waals surface area contributed by atoms with Crippen molar-refractivity contribution in [3.05, 3.63) is 76.3 Å². The Labute approximate surface area is 216 Å². The molecule has 4 N–H and O–H groups in total. The quantitative estimate of drug-likeness (QED) is 0.309. The number of thiophene rings is 1. The van der Waals surface area contributed by atoms with E-state index >= 15 is 0 Å². The molecule has 4 rings (SSSR count). The topological polar surface area (TPSA) is 127 Å². The number of fused-ring (bicyclic) bond motifs is 1. The van der Waals surface area contributed by atoms with Crippen molar-refractivity contribution in [3.63, 3.8) is 0 Å². The fourth-order valence-corrected chi connectivity index (χ4v) is 4.57. The Kier molecular flexibility index (Phi) is 7.89. The third-order valence-electron chi connectivity index (χ3n) is 5.25. The molecule has 11 heteroatoms. The summed E-state index contributed by atoms with van der Waals surface area (Å²) in [4.78, 5) is 30.5. The van der Waals surface area contributed by atoms with Crippen LogP contribution in [0.5, 0.6) is 11.5 Å². The largest absolute Gasteiger partial charge is 0.489 e. The summed E-state index contributed by atoms with van der Waals surface area (Å²) in [6.07, 6.45) is 0.678. The highest BCUT2D eigenvalue weighted by Crippen LogP contribution is 2.37. The van der Waals surface area contributed by atoms with E-state index in [-0.39, 0.29) is 37.2 Å². The first-order chi connectivity index (χ1) is 17.4. The van der Waals surface area contributed by atoms with Crippen LogP contribution in [-0.4, -0.2) is 42.3 Å². The number of nitrogens with one attached hydrogen (secondary N) is 1. The summed E-state index contributed by atoms with van der Waals surface area (Å²) >= 11 is 7.28. The van der Waals surface area contributed by atoms with Crippen LogP contribution in [0.3, 0.4) is 0 Å². The van der Waals surface area contributed by atoms with Gasteiger partial charge < -0.3 is 30.5 Å². The van der Waals surface area contributed by atoms with Gasteiger partial charge in [-0.25, -0.2) is 9.78 Å². The molecule has 2 aromatic heterocycles. The smallest absolute Gasteiger partial charge is 0.412 e. The van der Waals surface area contributed by atoms with Crippen molar-refractivity contribution >= 4 is 56.5 Å². The lowest BCUT2D eigenvalue weighted by atomic mass is 10.1. The van der Waals surface area contributed by atoms with Crippen LogP contribution >= 0.6 is 22.9 Å². The lowest BCUT2D eigenvalue weighted by Crippen LogP contribution is -2.29. The number of benzene rings is 2. The molecule has 0 aliphatic carbocycles. The number of hydrogen-bond donors (Lipinski definition) is 3. The Morgan fingerprint density at radius 2 is 2.00 bits per heavy atom. The van der Waals surface area contributed by atoms with Gasteiger partial charge in [-0.2, -0.15) is 0 Å². The SMILES string of the molecule is CN(C(=O)c1cccc(OCc2csc3c(OC(=O)NCCO)cnc(N)c23)c1)c1ccc(Cl)cc1. The van der Waals surface area contributed by atoms with E-state index in [0.717, 1.165) is 5.56 Å². The lowest BCUT2D eigenvalue weighted by molar-refractivity contribution is 0.0992. The van der Waals surface area contributed by atoms with Gasteiger partial charge in [-0.15, -0.1) is 11.3 Å². The van der Waals surface area contributed by atoms with Gasteiger partial charge in [0.1, 0.15) is 18.2 Å². The standard InChI is InChI=1S/C25H23ClN4O5S/c1-30(18-7-5-17(26)6-8-18)24(32)15-3-2-4-19(11-15)34-13-16-14-36-22-20(12-29-23(27)21(16)22)35-25(33)28-9-10-31/h2-8,11-12,14,31H,9-10,13H2,1H3,(H2,27,29)(H,28,33). The number of carbonyl (C=O) groups is 2. The molecule has 9 nitrogen and oxygen atoms in total. The number of carbonyl (C=O) groups excluding carboxylic acids is 2. The average Bonchev–Trinajstić information content (AvgIpc) is 3.33. The van der Waals surface area contributed by atoms with Crippen molar-refractivity contribution in [2.24, 2.45) is 0 Å². The number of rotatable bonds is 8. The molecule has 2 aromatic carbocycles. The molecule has 0 radical (unpaired) electrons. The van der Waals surface area contributed by atoms with E-state index in [1.54, 1.807) is 55.6 Å². The molecule has 0 saturated carbocycles. The molecule has 2 amide bonds. The van der Waals surface area contributed by atoms with Crippen molar-refractivity contribution in [2.75, 3.05) is 30.8 Å². The number of nitrogens with zero attached hydrogens (tertiary/aromatic N) is 2.